The van der Waals surface area contributed by atoms with Crippen LogP contribution < -0.4 is 10.6 Å². The highest BCUT2D eigenvalue weighted by Gasteiger charge is 2.55. The molecule has 1 heterocycles. The van der Waals surface area contributed by atoms with E-state index < -0.39 is 28.8 Å². The third kappa shape index (κ3) is 4.29. The molecule has 0 aromatic carbocycles. The summed E-state index contributed by atoms with van der Waals surface area (Å²) in [5, 5.41) is 19.0. The number of rotatable bonds is 6. The van der Waals surface area contributed by atoms with Gasteiger partial charge in [0.25, 0.3) is 5.91 Å². The van der Waals surface area contributed by atoms with E-state index in [1.165, 1.54) is 13.1 Å². The Balaban J connectivity index is 1.57. The van der Waals surface area contributed by atoms with Crippen molar-refractivity contribution in [3.63, 3.8) is 0 Å². The number of carbonyl (C=O) groups excluding carboxylic acids is 2. The van der Waals surface area contributed by atoms with Gasteiger partial charge in [-0.05, 0) is 69.1 Å². The summed E-state index contributed by atoms with van der Waals surface area (Å²) in [6.07, 6.45) is 2.98. The molecule has 4 bridgehead atoms. The predicted octanol–water partition coefficient (Wildman–Crippen LogP) is 3.06. The van der Waals surface area contributed by atoms with Gasteiger partial charge in [-0.1, -0.05) is 6.08 Å². The Hall–Kier alpha value is -2.36. The SMILES string of the molecule is CNC(=O)C(C)(C)C=Cn1ncc(C(=O)NC2C3CC4CC2CC(CO)(C4)C3)c1C(F)(F)F. The first kappa shape index (κ1) is 23.8. The fraction of sp³-hybridized carbons (Fsp3) is 0.696. The van der Waals surface area contributed by atoms with Gasteiger partial charge < -0.3 is 15.7 Å². The van der Waals surface area contributed by atoms with Gasteiger partial charge >= 0.3 is 6.18 Å². The summed E-state index contributed by atoms with van der Waals surface area (Å²) in [6.45, 7) is 3.26. The van der Waals surface area contributed by atoms with Crippen LogP contribution in [0.3, 0.4) is 0 Å². The number of carbonyl (C=O) groups is 2. The minimum Gasteiger partial charge on any atom is -0.396 e. The first-order valence-corrected chi connectivity index (χ1v) is 11.4. The van der Waals surface area contributed by atoms with Crippen molar-refractivity contribution in [3.05, 3.63) is 23.5 Å². The molecule has 4 fully saturated rings. The van der Waals surface area contributed by atoms with E-state index in [0.717, 1.165) is 44.5 Å². The van der Waals surface area contributed by atoms with Crippen molar-refractivity contribution in [3.8, 4) is 0 Å². The number of alkyl halides is 3. The lowest BCUT2D eigenvalue weighted by atomic mass is 9.48. The topological polar surface area (TPSA) is 96.2 Å². The Bertz CT molecular complexity index is 953. The molecule has 2 amide bonds. The third-order valence-corrected chi connectivity index (χ3v) is 7.79. The Morgan fingerprint density at radius 3 is 2.42 bits per heavy atom. The number of amides is 2. The van der Waals surface area contributed by atoms with Crippen molar-refractivity contribution in [2.24, 2.45) is 28.6 Å². The van der Waals surface area contributed by atoms with E-state index in [1.54, 1.807) is 13.8 Å². The van der Waals surface area contributed by atoms with Gasteiger partial charge in [0.2, 0.25) is 5.91 Å². The van der Waals surface area contributed by atoms with Gasteiger partial charge in [0.1, 0.15) is 0 Å². The smallest absolute Gasteiger partial charge is 0.396 e. The Labute approximate surface area is 190 Å². The number of aliphatic hydroxyl groups excluding tert-OH is 1. The van der Waals surface area contributed by atoms with Crippen LogP contribution in [0.15, 0.2) is 12.3 Å². The van der Waals surface area contributed by atoms with E-state index in [9.17, 15) is 27.9 Å². The molecule has 10 heteroatoms. The molecule has 4 aliphatic carbocycles. The van der Waals surface area contributed by atoms with Crippen molar-refractivity contribution in [1.82, 2.24) is 20.4 Å². The fourth-order valence-corrected chi connectivity index (χ4v) is 6.43. The number of halogens is 3. The zero-order valence-corrected chi connectivity index (χ0v) is 19.1. The summed E-state index contributed by atoms with van der Waals surface area (Å²) in [5.41, 5.74) is -2.85. The van der Waals surface area contributed by atoms with Crippen LogP contribution in [0.2, 0.25) is 0 Å². The molecule has 33 heavy (non-hydrogen) atoms. The van der Waals surface area contributed by atoms with E-state index in [4.69, 9.17) is 0 Å². The van der Waals surface area contributed by atoms with Crippen LogP contribution in [0.25, 0.3) is 6.20 Å². The fourth-order valence-electron chi connectivity index (χ4n) is 6.43. The normalized spacial score (nSPS) is 31.2. The average Bonchev–Trinajstić information content (AvgIpc) is 3.18. The van der Waals surface area contributed by atoms with Crippen LogP contribution in [-0.2, 0) is 11.0 Å². The second kappa shape index (κ2) is 8.14. The molecule has 2 unspecified atom stereocenters. The highest BCUT2D eigenvalue weighted by atomic mass is 19.4. The minimum absolute atomic E-state index is 0.0951. The van der Waals surface area contributed by atoms with Crippen molar-refractivity contribution < 1.29 is 27.9 Å². The first-order chi connectivity index (χ1) is 15.4. The second-order valence-corrected chi connectivity index (χ2v) is 10.6. The summed E-state index contributed by atoms with van der Waals surface area (Å²) >= 11 is 0. The molecule has 4 saturated carbocycles. The second-order valence-electron chi connectivity index (χ2n) is 10.6. The molecule has 182 valence electrons. The molecule has 7 nitrogen and oxygen atoms in total. The quantitative estimate of drug-likeness (QED) is 0.598. The van der Waals surface area contributed by atoms with Gasteiger partial charge in [-0.15, -0.1) is 0 Å². The largest absolute Gasteiger partial charge is 0.434 e. The molecule has 3 N–H and O–H groups in total. The third-order valence-electron chi connectivity index (χ3n) is 7.79. The Morgan fingerprint density at radius 2 is 1.88 bits per heavy atom. The van der Waals surface area contributed by atoms with E-state index in [2.05, 4.69) is 15.7 Å². The number of nitrogens with zero attached hydrogens (tertiary/aromatic N) is 2. The molecule has 0 radical (unpaired) electrons. The van der Waals surface area contributed by atoms with Gasteiger partial charge in [0, 0.05) is 25.9 Å². The Kier molecular flexibility index (Phi) is 5.87. The summed E-state index contributed by atoms with van der Waals surface area (Å²) in [5.74, 6) is -0.289. The standard InChI is InChI=1S/C23H31F3N4O3/c1-21(2,20(33)27-3)4-5-30-18(23(24,25)26)16(11-28-30)19(32)29-17-14-6-13-7-15(17)10-22(8-13,9-14)12-31/h4-5,11,13-15,17,31H,6-10,12H2,1-3H3,(H,27,33)(H,29,32). The van der Waals surface area contributed by atoms with Gasteiger partial charge in [0.15, 0.2) is 5.69 Å². The van der Waals surface area contributed by atoms with E-state index in [1.807, 2.05) is 0 Å². The summed E-state index contributed by atoms with van der Waals surface area (Å²) in [6, 6.07) is -0.194. The van der Waals surface area contributed by atoms with Gasteiger partial charge in [0.05, 0.1) is 17.2 Å². The lowest BCUT2D eigenvalue weighted by Gasteiger charge is -2.59. The lowest BCUT2D eigenvalue weighted by molar-refractivity contribution is -0.142. The highest BCUT2D eigenvalue weighted by molar-refractivity contribution is 5.95. The summed E-state index contributed by atoms with van der Waals surface area (Å²) in [7, 11) is 1.45. The van der Waals surface area contributed by atoms with E-state index >= 15 is 0 Å². The number of hydrogen-bond donors (Lipinski definition) is 3. The average molecular weight is 469 g/mol. The van der Waals surface area contributed by atoms with Gasteiger partial charge in [-0.25, -0.2) is 4.68 Å². The van der Waals surface area contributed by atoms with Crippen LogP contribution in [0, 0.1) is 28.6 Å². The summed E-state index contributed by atoms with van der Waals surface area (Å²) in [4.78, 5) is 25.0. The molecule has 0 aliphatic heterocycles. The Morgan fingerprint density at radius 1 is 1.24 bits per heavy atom. The number of hydrogen-bond acceptors (Lipinski definition) is 4. The first-order valence-electron chi connectivity index (χ1n) is 11.4. The van der Waals surface area contributed by atoms with Crippen LogP contribution in [0.4, 0.5) is 13.2 Å². The van der Waals surface area contributed by atoms with Crippen LogP contribution in [0.5, 0.6) is 0 Å². The zero-order valence-electron chi connectivity index (χ0n) is 19.1. The van der Waals surface area contributed by atoms with Crippen molar-refractivity contribution >= 4 is 18.0 Å². The molecule has 2 atom stereocenters. The monoisotopic (exact) mass is 468 g/mol. The molecule has 0 spiro atoms. The van der Waals surface area contributed by atoms with E-state index in [0.29, 0.717) is 10.6 Å². The number of aliphatic hydroxyl groups is 1. The minimum atomic E-state index is -4.81. The van der Waals surface area contributed by atoms with Crippen molar-refractivity contribution in [2.75, 3.05) is 13.7 Å². The van der Waals surface area contributed by atoms with Crippen molar-refractivity contribution in [2.45, 2.75) is 58.2 Å². The van der Waals surface area contributed by atoms with Gasteiger partial charge in [-0.3, -0.25) is 9.59 Å². The number of nitrogens with one attached hydrogen (secondary N) is 2. The predicted molar refractivity (Wildman–Crippen MR) is 115 cm³/mol. The van der Waals surface area contributed by atoms with Crippen LogP contribution >= 0.6 is 0 Å². The lowest BCUT2D eigenvalue weighted by Crippen LogP contribution is -2.60. The molecule has 4 aliphatic rings. The van der Waals surface area contributed by atoms with E-state index in [-0.39, 0.29) is 35.8 Å². The maximum atomic E-state index is 13.9. The maximum absolute atomic E-state index is 13.9. The van der Waals surface area contributed by atoms with Crippen LogP contribution in [0.1, 0.15) is 62.0 Å². The van der Waals surface area contributed by atoms with Crippen molar-refractivity contribution in [1.29, 1.82) is 0 Å². The molecular formula is C23H31F3N4O3. The zero-order chi connectivity index (χ0) is 24.2. The molecule has 1 aromatic rings. The molecule has 5 rings (SSSR count). The van der Waals surface area contributed by atoms with Gasteiger partial charge in [-0.2, -0.15) is 18.3 Å². The highest BCUT2D eigenvalue weighted by Crippen LogP contribution is 2.59. The molecular weight excluding hydrogens is 437 g/mol. The summed E-state index contributed by atoms with van der Waals surface area (Å²) < 4.78 is 42.4. The number of aromatic nitrogens is 2. The van der Waals surface area contributed by atoms with Crippen LogP contribution in [-0.4, -0.2) is 46.4 Å². The molecule has 0 saturated heterocycles. The maximum Gasteiger partial charge on any atom is 0.434 e. The molecule has 1 aromatic heterocycles.